The van der Waals surface area contributed by atoms with Crippen molar-refractivity contribution in [3.05, 3.63) is 0 Å². The van der Waals surface area contributed by atoms with E-state index in [-0.39, 0.29) is 11.6 Å². The van der Waals surface area contributed by atoms with Gasteiger partial charge < -0.3 is 10.6 Å². The molecule has 1 aliphatic heterocycles. The number of urea groups is 1. The number of nitrogens with one attached hydrogen (secondary N) is 2. The van der Waals surface area contributed by atoms with Crippen molar-refractivity contribution in [3.8, 4) is 0 Å². The minimum absolute atomic E-state index is 0.125. The van der Waals surface area contributed by atoms with Crippen molar-refractivity contribution < 1.29 is 4.79 Å². The Morgan fingerprint density at radius 3 is 2.54 bits per heavy atom. The van der Waals surface area contributed by atoms with E-state index in [1.165, 1.54) is 0 Å². The highest BCUT2D eigenvalue weighted by atomic mass is 32.1. The lowest BCUT2D eigenvalue weighted by molar-refractivity contribution is 0.233. The second kappa shape index (κ2) is 2.94. The molecule has 2 aliphatic rings. The molecule has 13 heavy (non-hydrogen) atoms. The van der Waals surface area contributed by atoms with Crippen molar-refractivity contribution in [1.29, 1.82) is 0 Å². The predicted molar refractivity (Wildman–Crippen MR) is 54.6 cm³/mol. The molecule has 1 saturated heterocycles. The molecule has 0 bridgehead atoms. The van der Waals surface area contributed by atoms with Crippen LogP contribution in [0.15, 0.2) is 0 Å². The second-order valence-electron chi connectivity index (χ2n) is 4.17. The van der Waals surface area contributed by atoms with E-state index in [1.807, 2.05) is 0 Å². The van der Waals surface area contributed by atoms with Crippen LogP contribution in [0, 0.1) is 5.92 Å². The van der Waals surface area contributed by atoms with Crippen molar-refractivity contribution >= 4 is 23.2 Å². The minimum Gasteiger partial charge on any atom is -0.326 e. The van der Waals surface area contributed by atoms with E-state index >= 15 is 0 Å². The third kappa shape index (κ3) is 1.43. The average Bonchev–Trinajstić information content (AvgIpc) is 2.34. The molecule has 1 aliphatic carbocycles. The predicted octanol–water partition coefficient (Wildman–Crippen LogP) is 1.58. The summed E-state index contributed by atoms with van der Waals surface area (Å²) in [6.07, 6.45) is 4.29. The Balaban J connectivity index is 2.13. The molecule has 1 spiro atoms. The number of carbonyl (C=O) groups excluding carboxylic acids is 1. The molecule has 0 radical (unpaired) electrons. The Morgan fingerprint density at radius 1 is 1.46 bits per heavy atom. The van der Waals surface area contributed by atoms with Crippen molar-refractivity contribution in [2.45, 2.75) is 38.1 Å². The average molecular weight is 198 g/mol. The molecule has 0 unspecified atom stereocenters. The van der Waals surface area contributed by atoms with Gasteiger partial charge in [0.05, 0.1) is 5.54 Å². The first-order chi connectivity index (χ1) is 6.12. The lowest BCUT2D eigenvalue weighted by Gasteiger charge is -2.34. The van der Waals surface area contributed by atoms with Gasteiger partial charge in [-0.2, -0.15) is 0 Å². The molecule has 4 heteroatoms. The molecule has 2 rings (SSSR count). The smallest absolute Gasteiger partial charge is 0.320 e. The van der Waals surface area contributed by atoms with E-state index < -0.39 is 0 Å². The summed E-state index contributed by atoms with van der Waals surface area (Å²) in [5.41, 5.74) is -0.196. The topological polar surface area (TPSA) is 41.1 Å². The molecule has 0 aromatic rings. The summed E-state index contributed by atoms with van der Waals surface area (Å²) < 4.78 is 0. The van der Waals surface area contributed by atoms with Gasteiger partial charge in [-0.3, -0.25) is 0 Å². The molecule has 0 aromatic carbocycles. The van der Waals surface area contributed by atoms with Crippen molar-refractivity contribution in [1.82, 2.24) is 10.6 Å². The number of hydrogen-bond donors (Lipinski definition) is 2. The molecule has 2 amide bonds. The Labute approximate surface area is 83.3 Å². The third-order valence-corrected chi connectivity index (χ3v) is 3.64. The van der Waals surface area contributed by atoms with Crippen molar-refractivity contribution in [2.75, 3.05) is 0 Å². The first-order valence-electron chi connectivity index (χ1n) is 4.76. The maximum absolute atomic E-state index is 11.1. The molecule has 72 valence electrons. The highest BCUT2D eigenvalue weighted by Gasteiger charge is 2.44. The molecule has 0 aromatic heterocycles. The van der Waals surface area contributed by atoms with Crippen LogP contribution in [0.25, 0.3) is 0 Å². The summed E-state index contributed by atoms with van der Waals surface area (Å²) in [5.74, 6) is 0.769. The standard InChI is InChI=1S/C9H14N2OS/c1-6-2-4-9(5-3-6)7(13)10-8(12)11-9/h6H,2-5H2,1H3,(H2,10,11,12,13). The van der Waals surface area contributed by atoms with Crippen LogP contribution in [0.3, 0.4) is 0 Å². The minimum atomic E-state index is -0.196. The largest absolute Gasteiger partial charge is 0.326 e. The highest BCUT2D eigenvalue weighted by molar-refractivity contribution is 7.80. The molecule has 2 N–H and O–H groups in total. The second-order valence-corrected chi connectivity index (χ2v) is 4.58. The first-order valence-corrected chi connectivity index (χ1v) is 5.17. The van der Waals surface area contributed by atoms with Crippen LogP contribution in [0.4, 0.5) is 4.79 Å². The maximum Gasteiger partial charge on any atom is 0.320 e. The molecule has 0 atom stereocenters. The van der Waals surface area contributed by atoms with Crippen LogP contribution < -0.4 is 10.6 Å². The van der Waals surface area contributed by atoms with Gasteiger partial charge >= 0.3 is 6.03 Å². The number of thiocarbonyl (C=S) groups is 1. The molecule has 1 heterocycles. The molecule has 2 fully saturated rings. The van der Waals surface area contributed by atoms with E-state index in [1.54, 1.807) is 0 Å². The van der Waals surface area contributed by atoms with Crippen LogP contribution in [0.2, 0.25) is 0 Å². The Kier molecular flexibility index (Phi) is 2.02. The van der Waals surface area contributed by atoms with Gasteiger partial charge in [0.25, 0.3) is 0 Å². The van der Waals surface area contributed by atoms with Gasteiger partial charge in [0.15, 0.2) is 0 Å². The summed E-state index contributed by atoms with van der Waals surface area (Å²) in [4.78, 5) is 11.8. The zero-order valence-corrected chi connectivity index (χ0v) is 8.54. The normalized spacial score (nSPS) is 39.0. The van der Waals surface area contributed by atoms with E-state index in [0.29, 0.717) is 4.99 Å². The molecule has 1 saturated carbocycles. The highest BCUT2D eigenvalue weighted by Crippen LogP contribution is 2.34. The van der Waals surface area contributed by atoms with E-state index in [9.17, 15) is 4.79 Å². The van der Waals surface area contributed by atoms with E-state index in [4.69, 9.17) is 12.2 Å². The summed E-state index contributed by atoms with van der Waals surface area (Å²) in [5, 5.41) is 5.62. The fourth-order valence-electron chi connectivity index (χ4n) is 2.14. The van der Waals surface area contributed by atoms with E-state index in [0.717, 1.165) is 31.6 Å². The number of hydrogen-bond acceptors (Lipinski definition) is 2. The lowest BCUT2D eigenvalue weighted by Crippen LogP contribution is -2.48. The Morgan fingerprint density at radius 2 is 2.08 bits per heavy atom. The monoisotopic (exact) mass is 198 g/mol. The van der Waals surface area contributed by atoms with Gasteiger partial charge in [0.2, 0.25) is 0 Å². The number of rotatable bonds is 0. The van der Waals surface area contributed by atoms with Crippen molar-refractivity contribution in [3.63, 3.8) is 0 Å². The summed E-state index contributed by atoms with van der Waals surface area (Å²) >= 11 is 5.17. The third-order valence-electron chi connectivity index (χ3n) is 3.14. The van der Waals surface area contributed by atoms with E-state index in [2.05, 4.69) is 17.6 Å². The molecule has 3 nitrogen and oxygen atoms in total. The van der Waals surface area contributed by atoms with Gasteiger partial charge in [-0.05, 0) is 31.6 Å². The zero-order chi connectivity index (χ0) is 9.47. The lowest BCUT2D eigenvalue weighted by atomic mass is 9.77. The fraction of sp³-hybridized carbons (Fsp3) is 0.778. The van der Waals surface area contributed by atoms with Crippen LogP contribution in [-0.4, -0.2) is 16.6 Å². The molecular formula is C9H14N2OS. The number of amides is 2. The zero-order valence-electron chi connectivity index (χ0n) is 7.72. The van der Waals surface area contributed by atoms with Crippen LogP contribution >= 0.6 is 12.2 Å². The summed E-state index contributed by atoms with van der Waals surface area (Å²) in [6, 6.07) is -0.125. The van der Waals surface area contributed by atoms with Gasteiger partial charge in [0.1, 0.15) is 4.99 Å². The number of carbonyl (C=O) groups is 1. The Hall–Kier alpha value is -0.640. The van der Waals surface area contributed by atoms with Crippen LogP contribution in [-0.2, 0) is 0 Å². The van der Waals surface area contributed by atoms with Crippen LogP contribution in [0.1, 0.15) is 32.6 Å². The molecular weight excluding hydrogens is 184 g/mol. The van der Waals surface area contributed by atoms with Crippen molar-refractivity contribution in [2.24, 2.45) is 5.92 Å². The summed E-state index contributed by atoms with van der Waals surface area (Å²) in [6.45, 7) is 2.25. The first kappa shape index (κ1) is 8.94. The maximum atomic E-state index is 11.1. The summed E-state index contributed by atoms with van der Waals surface area (Å²) in [7, 11) is 0. The van der Waals surface area contributed by atoms with Gasteiger partial charge in [0, 0.05) is 0 Å². The van der Waals surface area contributed by atoms with Gasteiger partial charge in [-0.1, -0.05) is 19.1 Å². The SMILES string of the molecule is CC1CCC2(CC1)NC(=O)NC2=S. The van der Waals surface area contributed by atoms with Crippen LogP contribution in [0.5, 0.6) is 0 Å². The quantitative estimate of drug-likeness (QED) is 0.580. The fourth-order valence-corrected chi connectivity index (χ4v) is 2.48. The Bertz CT molecular complexity index is 256. The van der Waals surface area contributed by atoms with Gasteiger partial charge in [-0.15, -0.1) is 0 Å². The van der Waals surface area contributed by atoms with Gasteiger partial charge in [-0.25, -0.2) is 4.79 Å².